The number of halogens is 2. The van der Waals surface area contributed by atoms with E-state index in [9.17, 15) is 13.6 Å². The summed E-state index contributed by atoms with van der Waals surface area (Å²) < 4.78 is 25.0. The van der Waals surface area contributed by atoms with Gasteiger partial charge in [0.2, 0.25) is 6.08 Å². The van der Waals surface area contributed by atoms with Crippen molar-refractivity contribution in [2.24, 2.45) is 4.99 Å². The average Bonchev–Trinajstić information content (AvgIpc) is 1.83. The van der Waals surface area contributed by atoms with Gasteiger partial charge in [0.1, 0.15) is 0 Å². The molecule has 0 aliphatic heterocycles. The Morgan fingerprint density at radius 3 is 2.42 bits per heavy atom. The number of hydrogen-bond acceptors (Lipinski definition) is 2. The van der Waals surface area contributed by atoms with E-state index < -0.39 is 11.5 Å². The van der Waals surface area contributed by atoms with Crippen LogP contribution in [-0.2, 0) is 4.79 Å². The molecule has 12 heavy (non-hydrogen) atoms. The molecule has 0 aromatic heterocycles. The lowest BCUT2D eigenvalue weighted by Crippen LogP contribution is -2.50. The summed E-state index contributed by atoms with van der Waals surface area (Å²) in [6.45, 7) is 1.89. The maximum Gasteiger partial charge on any atom is 0.252 e. The number of rotatable bonds is 3. The lowest BCUT2D eigenvalue weighted by Gasteiger charge is -2.43. The Morgan fingerprint density at radius 1 is 1.50 bits per heavy atom. The number of alkyl halides is 2. The highest BCUT2D eigenvalue weighted by Crippen LogP contribution is 2.50. The molecule has 0 atom stereocenters. The first kappa shape index (κ1) is 9.33. The normalized spacial score (nSPS) is 23.9. The maximum atomic E-state index is 12.5. The molecule has 0 amide bonds. The molecule has 0 N–H and O–H groups in total. The second-order valence-corrected chi connectivity index (χ2v) is 3.39. The highest BCUT2D eigenvalue weighted by atomic mass is 19.3. The molecule has 1 aliphatic carbocycles. The van der Waals surface area contributed by atoms with E-state index in [1.165, 1.54) is 6.08 Å². The van der Waals surface area contributed by atoms with Crippen LogP contribution in [0.1, 0.15) is 32.6 Å². The number of isocyanates is 1. The van der Waals surface area contributed by atoms with Crippen molar-refractivity contribution in [1.29, 1.82) is 0 Å². The monoisotopic (exact) mass is 175 g/mol. The summed E-state index contributed by atoms with van der Waals surface area (Å²) in [4.78, 5) is 13.4. The summed E-state index contributed by atoms with van der Waals surface area (Å²) >= 11 is 0. The van der Waals surface area contributed by atoms with Crippen molar-refractivity contribution in [3.63, 3.8) is 0 Å². The molecule has 0 spiro atoms. The van der Waals surface area contributed by atoms with Gasteiger partial charge in [-0.15, -0.1) is 0 Å². The smallest absolute Gasteiger partial charge is 0.211 e. The SMILES string of the molecule is CCCC1(N=C=O)CC(F)(F)C1. The molecule has 1 fully saturated rings. The van der Waals surface area contributed by atoms with Crippen molar-refractivity contribution in [1.82, 2.24) is 0 Å². The largest absolute Gasteiger partial charge is 0.252 e. The van der Waals surface area contributed by atoms with E-state index in [1.807, 2.05) is 6.92 Å². The van der Waals surface area contributed by atoms with Crippen LogP contribution in [0.25, 0.3) is 0 Å². The zero-order valence-electron chi connectivity index (χ0n) is 6.94. The maximum absolute atomic E-state index is 12.5. The molecule has 0 saturated heterocycles. The summed E-state index contributed by atoms with van der Waals surface area (Å²) in [5, 5.41) is 0. The van der Waals surface area contributed by atoms with Gasteiger partial charge in [-0.25, -0.2) is 13.6 Å². The molecule has 0 aromatic rings. The lowest BCUT2D eigenvalue weighted by molar-refractivity contribution is -0.123. The van der Waals surface area contributed by atoms with Gasteiger partial charge >= 0.3 is 0 Å². The third kappa shape index (κ3) is 1.69. The van der Waals surface area contributed by atoms with Gasteiger partial charge in [-0.1, -0.05) is 13.3 Å². The topological polar surface area (TPSA) is 29.4 Å². The highest BCUT2D eigenvalue weighted by Gasteiger charge is 2.56. The molecule has 0 heterocycles. The molecule has 0 unspecified atom stereocenters. The first-order chi connectivity index (χ1) is 5.54. The third-order valence-corrected chi connectivity index (χ3v) is 2.17. The molecule has 0 radical (unpaired) electrons. The highest BCUT2D eigenvalue weighted by molar-refractivity contribution is 5.36. The predicted octanol–water partition coefficient (Wildman–Crippen LogP) is 2.29. The summed E-state index contributed by atoms with van der Waals surface area (Å²) in [5.74, 6) is -2.62. The minimum atomic E-state index is -2.62. The van der Waals surface area contributed by atoms with Crippen LogP contribution in [0.5, 0.6) is 0 Å². The number of carbonyl (C=O) groups excluding carboxylic acids is 1. The molecule has 0 bridgehead atoms. The van der Waals surface area contributed by atoms with E-state index in [2.05, 4.69) is 4.99 Å². The molecule has 1 saturated carbocycles. The lowest BCUT2D eigenvalue weighted by atomic mass is 9.71. The quantitative estimate of drug-likeness (QED) is 0.478. The first-order valence-corrected chi connectivity index (χ1v) is 4.00. The molecule has 2 nitrogen and oxygen atoms in total. The molecule has 1 rings (SSSR count). The average molecular weight is 175 g/mol. The van der Waals surface area contributed by atoms with Gasteiger partial charge in [0.05, 0.1) is 5.54 Å². The fraction of sp³-hybridized carbons (Fsp3) is 0.875. The fourth-order valence-electron chi connectivity index (χ4n) is 1.78. The van der Waals surface area contributed by atoms with Gasteiger partial charge in [0, 0.05) is 12.8 Å². The predicted molar refractivity (Wildman–Crippen MR) is 39.9 cm³/mol. The number of nitrogens with zero attached hydrogens (tertiary/aromatic N) is 1. The van der Waals surface area contributed by atoms with Crippen molar-refractivity contribution in [2.45, 2.75) is 44.1 Å². The van der Waals surface area contributed by atoms with Crippen LogP contribution < -0.4 is 0 Å². The Hall–Kier alpha value is -0.760. The zero-order chi connectivity index (χ0) is 9.24. The molecule has 1 aliphatic rings. The van der Waals surface area contributed by atoms with Gasteiger partial charge in [-0.05, 0) is 6.42 Å². The van der Waals surface area contributed by atoms with Crippen LogP contribution in [0, 0.1) is 0 Å². The van der Waals surface area contributed by atoms with Crippen LogP contribution in [0.3, 0.4) is 0 Å². The minimum Gasteiger partial charge on any atom is -0.211 e. The summed E-state index contributed by atoms with van der Waals surface area (Å²) in [5.41, 5.74) is -0.792. The standard InChI is InChI=1S/C8H11F2NO/c1-2-3-7(11-6-12)4-8(9,10)5-7/h2-5H2,1H3. The van der Waals surface area contributed by atoms with E-state index in [4.69, 9.17) is 0 Å². The molecule has 4 heteroatoms. The fourth-order valence-corrected chi connectivity index (χ4v) is 1.78. The van der Waals surface area contributed by atoms with Crippen LogP contribution in [0.4, 0.5) is 8.78 Å². The van der Waals surface area contributed by atoms with Crippen LogP contribution >= 0.6 is 0 Å². The third-order valence-electron chi connectivity index (χ3n) is 2.17. The van der Waals surface area contributed by atoms with Gasteiger partial charge in [0.15, 0.2) is 0 Å². The van der Waals surface area contributed by atoms with E-state index in [0.29, 0.717) is 6.42 Å². The van der Waals surface area contributed by atoms with Crippen molar-refractivity contribution in [2.75, 3.05) is 0 Å². The summed E-state index contributed by atoms with van der Waals surface area (Å²) in [6.07, 6.45) is 2.12. The number of hydrogen-bond donors (Lipinski definition) is 0. The Bertz CT molecular complexity index is 213. The van der Waals surface area contributed by atoms with E-state index in [1.54, 1.807) is 0 Å². The van der Waals surface area contributed by atoms with Crippen molar-refractivity contribution in [3.05, 3.63) is 0 Å². The Labute approximate surface area is 69.7 Å². The molecule has 68 valence electrons. The van der Waals surface area contributed by atoms with E-state index in [-0.39, 0.29) is 12.8 Å². The van der Waals surface area contributed by atoms with Crippen LogP contribution in [0.2, 0.25) is 0 Å². The number of aliphatic imine (C=N–C) groups is 1. The summed E-state index contributed by atoms with van der Waals surface area (Å²) in [7, 11) is 0. The van der Waals surface area contributed by atoms with Gasteiger partial charge in [-0.2, -0.15) is 4.99 Å². The van der Waals surface area contributed by atoms with Gasteiger partial charge in [-0.3, -0.25) is 0 Å². The van der Waals surface area contributed by atoms with Crippen molar-refractivity contribution in [3.8, 4) is 0 Å². The van der Waals surface area contributed by atoms with Crippen molar-refractivity contribution >= 4 is 6.08 Å². The molecular formula is C8H11F2NO. The van der Waals surface area contributed by atoms with E-state index in [0.717, 1.165) is 6.42 Å². The Balaban J connectivity index is 2.61. The molecule has 0 aromatic carbocycles. The van der Waals surface area contributed by atoms with Crippen LogP contribution in [-0.4, -0.2) is 17.5 Å². The minimum absolute atomic E-state index is 0.289. The second-order valence-electron chi connectivity index (χ2n) is 3.39. The molecular weight excluding hydrogens is 164 g/mol. The van der Waals surface area contributed by atoms with Crippen molar-refractivity contribution < 1.29 is 13.6 Å². The van der Waals surface area contributed by atoms with E-state index >= 15 is 0 Å². The first-order valence-electron chi connectivity index (χ1n) is 4.00. The second kappa shape index (κ2) is 2.94. The van der Waals surface area contributed by atoms with Crippen LogP contribution in [0.15, 0.2) is 4.99 Å². The zero-order valence-corrected chi connectivity index (χ0v) is 6.94. The Morgan fingerprint density at radius 2 is 2.08 bits per heavy atom. The Kier molecular flexibility index (Phi) is 2.29. The summed E-state index contributed by atoms with van der Waals surface area (Å²) in [6, 6.07) is 0. The van der Waals surface area contributed by atoms with Gasteiger partial charge in [0.25, 0.3) is 5.92 Å². The van der Waals surface area contributed by atoms with Gasteiger partial charge < -0.3 is 0 Å².